The third kappa shape index (κ3) is 4.29. The van der Waals surface area contributed by atoms with Crippen LogP contribution in [0.2, 0.25) is 0 Å². The van der Waals surface area contributed by atoms with Gasteiger partial charge in [-0.15, -0.1) is 0 Å². The van der Waals surface area contributed by atoms with Gasteiger partial charge in [0.05, 0.1) is 5.69 Å². The summed E-state index contributed by atoms with van der Waals surface area (Å²) in [5.74, 6) is 0.540. The topological polar surface area (TPSA) is 41.9 Å². The highest BCUT2D eigenvalue weighted by atomic mass is 32.1. The van der Waals surface area contributed by atoms with Crippen LogP contribution in [-0.4, -0.2) is 14.9 Å². The average molecular weight is 302 g/mol. The van der Waals surface area contributed by atoms with Gasteiger partial charge in [-0.25, -0.2) is 0 Å². The summed E-state index contributed by atoms with van der Waals surface area (Å²) in [5.41, 5.74) is 4.50. The minimum Gasteiger partial charge on any atom is -0.358 e. The Labute approximate surface area is 131 Å². The van der Waals surface area contributed by atoms with Gasteiger partial charge in [-0.05, 0) is 42.8 Å². The van der Waals surface area contributed by atoms with Crippen LogP contribution in [0.25, 0.3) is 0 Å². The molecule has 21 heavy (non-hydrogen) atoms. The molecule has 2 N–H and O–H groups in total. The Kier molecular flexibility index (Phi) is 4.96. The highest BCUT2D eigenvalue weighted by molar-refractivity contribution is 7.80. The van der Waals surface area contributed by atoms with Crippen molar-refractivity contribution in [2.45, 2.75) is 33.2 Å². The van der Waals surface area contributed by atoms with Crippen LogP contribution in [0.15, 0.2) is 30.5 Å². The summed E-state index contributed by atoms with van der Waals surface area (Å²) in [7, 11) is 1.92. The van der Waals surface area contributed by atoms with E-state index < -0.39 is 0 Å². The van der Waals surface area contributed by atoms with Crippen molar-refractivity contribution in [1.82, 2.24) is 15.1 Å². The van der Waals surface area contributed by atoms with Crippen molar-refractivity contribution in [3.8, 4) is 0 Å². The SMILES string of the molecule is Cc1nn(C)cc1CNC(=S)Nc1ccc(C(C)C)cc1. The second kappa shape index (κ2) is 6.72. The molecule has 2 aromatic rings. The number of aryl methyl sites for hydroxylation is 2. The second-order valence-corrected chi connectivity index (χ2v) is 5.91. The summed E-state index contributed by atoms with van der Waals surface area (Å²) in [6.07, 6.45) is 2.00. The van der Waals surface area contributed by atoms with Crippen molar-refractivity contribution in [2.75, 3.05) is 5.32 Å². The first-order valence-corrected chi connectivity index (χ1v) is 7.50. The van der Waals surface area contributed by atoms with Gasteiger partial charge in [0.15, 0.2) is 5.11 Å². The summed E-state index contributed by atoms with van der Waals surface area (Å²) in [6.45, 7) is 7.05. The fraction of sp³-hybridized carbons (Fsp3) is 0.375. The summed E-state index contributed by atoms with van der Waals surface area (Å²) in [4.78, 5) is 0. The predicted molar refractivity (Wildman–Crippen MR) is 91.5 cm³/mol. The Hall–Kier alpha value is -1.88. The van der Waals surface area contributed by atoms with E-state index in [-0.39, 0.29) is 0 Å². The van der Waals surface area contributed by atoms with Gasteiger partial charge < -0.3 is 10.6 Å². The van der Waals surface area contributed by atoms with Crippen molar-refractivity contribution in [3.63, 3.8) is 0 Å². The standard InChI is InChI=1S/C16H22N4S/c1-11(2)13-5-7-15(8-6-13)18-16(21)17-9-14-10-20(4)19-12(14)3/h5-8,10-11H,9H2,1-4H3,(H2,17,18,21). The molecule has 0 aliphatic heterocycles. The molecule has 0 aliphatic carbocycles. The van der Waals surface area contributed by atoms with Crippen molar-refractivity contribution in [2.24, 2.45) is 7.05 Å². The first-order valence-electron chi connectivity index (χ1n) is 7.09. The molecule has 0 spiro atoms. The lowest BCUT2D eigenvalue weighted by Crippen LogP contribution is -2.28. The van der Waals surface area contributed by atoms with E-state index in [1.165, 1.54) is 5.56 Å². The summed E-state index contributed by atoms with van der Waals surface area (Å²) < 4.78 is 1.81. The Morgan fingerprint density at radius 1 is 1.29 bits per heavy atom. The number of benzene rings is 1. The number of nitrogens with one attached hydrogen (secondary N) is 2. The zero-order valence-corrected chi connectivity index (χ0v) is 13.8. The molecule has 2 rings (SSSR count). The number of hydrogen-bond donors (Lipinski definition) is 2. The number of aromatic nitrogens is 2. The van der Waals surface area contributed by atoms with Gasteiger partial charge in [-0.3, -0.25) is 4.68 Å². The van der Waals surface area contributed by atoms with Gasteiger partial charge >= 0.3 is 0 Å². The zero-order valence-electron chi connectivity index (χ0n) is 13.0. The Bertz CT molecular complexity index is 614. The fourth-order valence-electron chi connectivity index (χ4n) is 2.12. The maximum absolute atomic E-state index is 5.32. The highest BCUT2D eigenvalue weighted by Gasteiger charge is 2.04. The van der Waals surface area contributed by atoms with E-state index in [2.05, 4.69) is 53.8 Å². The Morgan fingerprint density at radius 2 is 1.95 bits per heavy atom. The van der Waals surface area contributed by atoms with Gasteiger partial charge in [0, 0.05) is 31.0 Å². The average Bonchev–Trinajstić information content (AvgIpc) is 2.75. The minimum atomic E-state index is 0.540. The Morgan fingerprint density at radius 3 is 2.48 bits per heavy atom. The van der Waals surface area contributed by atoms with Gasteiger partial charge in [0.1, 0.15) is 0 Å². The smallest absolute Gasteiger partial charge is 0.171 e. The van der Waals surface area contributed by atoms with Gasteiger partial charge in [-0.2, -0.15) is 5.10 Å². The first kappa shape index (κ1) is 15.5. The van der Waals surface area contributed by atoms with E-state index in [1.54, 1.807) is 0 Å². The van der Waals surface area contributed by atoms with E-state index in [0.717, 1.165) is 16.9 Å². The summed E-state index contributed by atoms with van der Waals surface area (Å²) in [6, 6.07) is 8.36. The number of anilines is 1. The van der Waals surface area contributed by atoms with Crippen molar-refractivity contribution >= 4 is 23.0 Å². The lowest BCUT2D eigenvalue weighted by Gasteiger charge is -2.11. The quantitative estimate of drug-likeness (QED) is 0.850. The predicted octanol–water partition coefficient (Wildman–Crippen LogP) is 3.34. The molecule has 0 amide bonds. The van der Waals surface area contributed by atoms with Crippen LogP contribution in [0.5, 0.6) is 0 Å². The fourth-order valence-corrected chi connectivity index (χ4v) is 2.31. The van der Waals surface area contributed by atoms with Crippen molar-refractivity contribution in [1.29, 1.82) is 0 Å². The number of hydrogen-bond acceptors (Lipinski definition) is 2. The monoisotopic (exact) mass is 302 g/mol. The van der Waals surface area contributed by atoms with Gasteiger partial charge in [0.25, 0.3) is 0 Å². The molecular formula is C16H22N4S. The third-order valence-electron chi connectivity index (χ3n) is 3.39. The molecule has 1 heterocycles. The maximum atomic E-state index is 5.32. The summed E-state index contributed by atoms with van der Waals surface area (Å²) >= 11 is 5.32. The summed E-state index contributed by atoms with van der Waals surface area (Å²) in [5, 5.41) is 11.3. The largest absolute Gasteiger partial charge is 0.358 e. The second-order valence-electron chi connectivity index (χ2n) is 5.50. The van der Waals surface area contributed by atoms with E-state index >= 15 is 0 Å². The molecule has 112 valence electrons. The molecule has 0 bridgehead atoms. The molecule has 0 radical (unpaired) electrons. The first-order chi connectivity index (χ1) is 9.95. The molecule has 4 nitrogen and oxygen atoms in total. The lowest BCUT2D eigenvalue weighted by molar-refractivity contribution is 0.756. The Balaban J connectivity index is 1.88. The van der Waals surface area contributed by atoms with Crippen LogP contribution in [0, 0.1) is 6.92 Å². The van der Waals surface area contributed by atoms with Gasteiger partial charge in [0.2, 0.25) is 0 Å². The van der Waals surface area contributed by atoms with Crippen LogP contribution in [-0.2, 0) is 13.6 Å². The zero-order chi connectivity index (χ0) is 15.4. The molecule has 0 fully saturated rings. The van der Waals surface area contributed by atoms with E-state index in [0.29, 0.717) is 17.6 Å². The van der Waals surface area contributed by atoms with Crippen LogP contribution in [0.1, 0.15) is 36.6 Å². The molecule has 0 saturated heterocycles. The molecule has 1 aromatic carbocycles. The van der Waals surface area contributed by atoms with E-state index in [1.807, 2.05) is 24.9 Å². The maximum Gasteiger partial charge on any atom is 0.171 e. The normalized spacial score (nSPS) is 10.7. The van der Waals surface area contributed by atoms with E-state index in [4.69, 9.17) is 12.2 Å². The molecule has 0 aliphatic rings. The molecule has 5 heteroatoms. The third-order valence-corrected chi connectivity index (χ3v) is 3.64. The molecule has 0 saturated carbocycles. The lowest BCUT2D eigenvalue weighted by atomic mass is 10.0. The van der Waals surface area contributed by atoms with Crippen LogP contribution < -0.4 is 10.6 Å². The molecule has 0 unspecified atom stereocenters. The van der Waals surface area contributed by atoms with E-state index in [9.17, 15) is 0 Å². The van der Waals surface area contributed by atoms with Crippen LogP contribution in [0.4, 0.5) is 5.69 Å². The highest BCUT2D eigenvalue weighted by Crippen LogP contribution is 2.17. The number of thiocarbonyl (C=S) groups is 1. The molecule has 0 atom stereocenters. The molecule has 1 aromatic heterocycles. The van der Waals surface area contributed by atoms with Gasteiger partial charge in [-0.1, -0.05) is 26.0 Å². The van der Waals surface area contributed by atoms with Crippen LogP contribution in [0.3, 0.4) is 0 Å². The van der Waals surface area contributed by atoms with Crippen LogP contribution >= 0.6 is 12.2 Å². The number of nitrogens with zero attached hydrogens (tertiary/aromatic N) is 2. The number of rotatable bonds is 4. The molecular weight excluding hydrogens is 280 g/mol. The minimum absolute atomic E-state index is 0.540. The van der Waals surface area contributed by atoms with Crippen molar-refractivity contribution < 1.29 is 0 Å². The van der Waals surface area contributed by atoms with Crippen molar-refractivity contribution in [3.05, 3.63) is 47.3 Å².